The van der Waals surface area contributed by atoms with Gasteiger partial charge in [-0.05, 0) is 20.9 Å². The van der Waals surface area contributed by atoms with Crippen molar-refractivity contribution < 1.29 is 14.7 Å². The lowest BCUT2D eigenvalue weighted by atomic mass is 10.1. The highest BCUT2D eigenvalue weighted by Gasteiger charge is 2.16. The van der Waals surface area contributed by atoms with Crippen LogP contribution in [-0.4, -0.2) is 60.6 Å². The summed E-state index contributed by atoms with van der Waals surface area (Å²) in [5.41, 5.74) is -0.814. The molecule has 0 spiro atoms. The van der Waals surface area contributed by atoms with Crippen LogP contribution in [0.1, 0.15) is 20.8 Å². The van der Waals surface area contributed by atoms with Gasteiger partial charge < -0.3 is 15.7 Å². The Morgan fingerprint density at radius 3 is 2.24 bits per heavy atom. The fourth-order valence-corrected chi connectivity index (χ4v) is 1.46. The van der Waals surface area contributed by atoms with Gasteiger partial charge in [-0.25, -0.2) is 0 Å². The Hall–Kier alpha value is -1.14. The van der Waals surface area contributed by atoms with E-state index in [0.717, 1.165) is 0 Å². The van der Waals surface area contributed by atoms with Gasteiger partial charge >= 0.3 is 0 Å². The zero-order chi connectivity index (χ0) is 13.5. The molecule has 0 unspecified atom stereocenters. The quantitative estimate of drug-likeness (QED) is 0.499. The molecule has 0 aliphatic rings. The summed E-state index contributed by atoms with van der Waals surface area (Å²) in [7, 11) is 1.77. The molecule has 3 N–H and O–H groups in total. The molecular weight excluding hydrogens is 222 g/mol. The van der Waals surface area contributed by atoms with E-state index in [1.54, 1.807) is 25.8 Å². The molecule has 0 aliphatic carbocycles. The SMILES string of the molecule is CC(=O)NCCNC(=O)CN(C)CC(C)(C)O. The lowest BCUT2D eigenvalue weighted by Crippen LogP contribution is -2.43. The largest absolute Gasteiger partial charge is 0.389 e. The summed E-state index contributed by atoms with van der Waals surface area (Å²) in [5.74, 6) is -0.236. The average Bonchev–Trinajstić information content (AvgIpc) is 2.08. The minimum absolute atomic E-state index is 0.113. The summed E-state index contributed by atoms with van der Waals surface area (Å²) in [6.45, 7) is 6.30. The second-order valence-corrected chi connectivity index (χ2v) is 4.82. The normalized spacial score (nSPS) is 11.4. The molecular formula is C11H23N3O3. The molecule has 0 saturated carbocycles. The Morgan fingerprint density at radius 2 is 1.76 bits per heavy atom. The average molecular weight is 245 g/mol. The molecule has 0 heterocycles. The Labute approximate surface area is 102 Å². The highest BCUT2D eigenvalue weighted by Crippen LogP contribution is 2.02. The third-order valence-electron chi connectivity index (χ3n) is 1.89. The van der Waals surface area contributed by atoms with Crippen LogP contribution in [0.2, 0.25) is 0 Å². The standard InChI is InChI=1S/C11H23N3O3/c1-9(15)12-5-6-13-10(16)7-14(4)8-11(2,3)17/h17H,5-8H2,1-4H3,(H,12,15)(H,13,16). The van der Waals surface area contributed by atoms with Gasteiger partial charge in [0, 0.05) is 26.6 Å². The van der Waals surface area contributed by atoms with Crippen LogP contribution < -0.4 is 10.6 Å². The summed E-state index contributed by atoms with van der Waals surface area (Å²) < 4.78 is 0. The molecule has 0 rings (SSSR count). The molecule has 6 nitrogen and oxygen atoms in total. The van der Waals surface area contributed by atoms with Gasteiger partial charge in [-0.1, -0.05) is 0 Å². The summed E-state index contributed by atoms with van der Waals surface area (Å²) in [6, 6.07) is 0. The number of hydrogen-bond donors (Lipinski definition) is 3. The highest BCUT2D eigenvalue weighted by molar-refractivity contribution is 5.78. The maximum Gasteiger partial charge on any atom is 0.234 e. The van der Waals surface area contributed by atoms with Crippen LogP contribution in [0.15, 0.2) is 0 Å². The van der Waals surface area contributed by atoms with Crippen molar-refractivity contribution in [1.29, 1.82) is 0 Å². The van der Waals surface area contributed by atoms with Gasteiger partial charge in [-0.3, -0.25) is 14.5 Å². The lowest BCUT2D eigenvalue weighted by molar-refractivity contribution is -0.123. The van der Waals surface area contributed by atoms with E-state index < -0.39 is 5.60 Å². The third kappa shape index (κ3) is 11.1. The second kappa shape index (κ2) is 7.24. The van der Waals surface area contributed by atoms with E-state index in [9.17, 15) is 14.7 Å². The summed E-state index contributed by atoms with van der Waals surface area (Å²) in [4.78, 5) is 23.7. The number of carbonyl (C=O) groups excluding carboxylic acids is 2. The van der Waals surface area contributed by atoms with Gasteiger partial charge in [0.2, 0.25) is 11.8 Å². The first kappa shape index (κ1) is 15.9. The number of likely N-dealkylation sites (N-methyl/N-ethyl adjacent to an activating group) is 1. The molecule has 0 atom stereocenters. The van der Waals surface area contributed by atoms with E-state index in [0.29, 0.717) is 19.6 Å². The van der Waals surface area contributed by atoms with E-state index in [1.807, 2.05) is 0 Å². The molecule has 0 aromatic carbocycles. The van der Waals surface area contributed by atoms with E-state index in [1.165, 1.54) is 6.92 Å². The van der Waals surface area contributed by atoms with Crippen molar-refractivity contribution in [1.82, 2.24) is 15.5 Å². The Bertz CT molecular complexity index is 261. The van der Waals surface area contributed by atoms with E-state index >= 15 is 0 Å². The maximum atomic E-state index is 11.4. The van der Waals surface area contributed by atoms with Gasteiger partial charge in [0.1, 0.15) is 0 Å². The van der Waals surface area contributed by atoms with Crippen LogP contribution >= 0.6 is 0 Å². The molecule has 0 aliphatic heterocycles. The number of amides is 2. The molecule has 6 heteroatoms. The first-order valence-electron chi connectivity index (χ1n) is 5.63. The van der Waals surface area contributed by atoms with Crippen molar-refractivity contribution in [3.05, 3.63) is 0 Å². The molecule has 0 aromatic heterocycles. The van der Waals surface area contributed by atoms with Crippen molar-refractivity contribution in [3.63, 3.8) is 0 Å². The van der Waals surface area contributed by atoms with Gasteiger partial charge in [0.15, 0.2) is 0 Å². The van der Waals surface area contributed by atoms with Gasteiger partial charge in [0.05, 0.1) is 12.1 Å². The van der Waals surface area contributed by atoms with Crippen LogP contribution in [0.25, 0.3) is 0 Å². The smallest absolute Gasteiger partial charge is 0.234 e. The van der Waals surface area contributed by atoms with E-state index in [-0.39, 0.29) is 18.4 Å². The fourth-order valence-electron chi connectivity index (χ4n) is 1.46. The topological polar surface area (TPSA) is 81.7 Å². The summed E-state index contributed by atoms with van der Waals surface area (Å²) in [5, 5.41) is 14.8. The first-order valence-corrected chi connectivity index (χ1v) is 5.63. The van der Waals surface area contributed by atoms with E-state index in [4.69, 9.17) is 0 Å². The fraction of sp³-hybridized carbons (Fsp3) is 0.818. The molecule has 0 aromatic rings. The van der Waals surface area contributed by atoms with Gasteiger partial charge in [0.25, 0.3) is 0 Å². The van der Waals surface area contributed by atoms with Crippen LogP contribution in [0, 0.1) is 0 Å². The number of hydrogen-bond acceptors (Lipinski definition) is 4. The Balaban J connectivity index is 3.68. The monoisotopic (exact) mass is 245 g/mol. The van der Waals surface area contributed by atoms with Crippen molar-refractivity contribution >= 4 is 11.8 Å². The Kier molecular flexibility index (Phi) is 6.75. The summed E-state index contributed by atoms with van der Waals surface area (Å²) in [6.07, 6.45) is 0. The molecule has 0 fully saturated rings. The molecule has 2 amide bonds. The minimum atomic E-state index is -0.814. The first-order chi connectivity index (χ1) is 7.70. The van der Waals surface area contributed by atoms with Crippen LogP contribution in [0.5, 0.6) is 0 Å². The van der Waals surface area contributed by atoms with Crippen LogP contribution in [0.4, 0.5) is 0 Å². The second-order valence-electron chi connectivity index (χ2n) is 4.82. The van der Waals surface area contributed by atoms with Crippen molar-refractivity contribution in [3.8, 4) is 0 Å². The number of aliphatic hydroxyl groups is 1. The predicted molar refractivity (Wildman–Crippen MR) is 65.5 cm³/mol. The lowest BCUT2D eigenvalue weighted by Gasteiger charge is -2.24. The minimum Gasteiger partial charge on any atom is -0.389 e. The van der Waals surface area contributed by atoms with Crippen molar-refractivity contribution in [2.24, 2.45) is 0 Å². The molecule has 0 saturated heterocycles. The zero-order valence-corrected chi connectivity index (χ0v) is 11.0. The molecule has 17 heavy (non-hydrogen) atoms. The maximum absolute atomic E-state index is 11.4. The molecule has 0 radical (unpaired) electrons. The Morgan fingerprint density at radius 1 is 1.24 bits per heavy atom. The highest BCUT2D eigenvalue weighted by atomic mass is 16.3. The van der Waals surface area contributed by atoms with Gasteiger partial charge in [-0.15, -0.1) is 0 Å². The number of nitrogens with zero attached hydrogens (tertiary/aromatic N) is 1. The third-order valence-corrected chi connectivity index (χ3v) is 1.89. The van der Waals surface area contributed by atoms with Crippen molar-refractivity contribution in [2.75, 3.05) is 33.2 Å². The van der Waals surface area contributed by atoms with Crippen LogP contribution in [-0.2, 0) is 9.59 Å². The molecule has 100 valence electrons. The van der Waals surface area contributed by atoms with Crippen LogP contribution in [0.3, 0.4) is 0 Å². The summed E-state index contributed by atoms with van der Waals surface area (Å²) >= 11 is 0. The van der Waals surface area contributed by atoms with Crippen molar-refractivity contribution in [2.45, 2.75) is 26.4 Å². The number of nitrogens with one attached hydrogen (secondary N) is 2. The number of carbonyl (C=O) groups is 2. The zero-order valence-electron chi connectivity index (χ0n) is 11.0. The van der Waals surface area contributed by atoms with E-state index in [2.05, 4.69) is 10.6 Å². The number of rotatable bonds is 7. The predicted octanol–water partition coefficient (Wildman–Crippen LogP) is -1.06. The molecule has 0 bridgehead atoms. The van der Waals surface area contributed by atoms with Gasteiger partial charge in [-0.2, -0.15) is 0 Å².